The van der Waals surface area contributed by atoms with Crippen molar-refractivity contribution in [1.29, 1.82) is 0 Å². The molecular formula is C27H20ClF2N3O4. The van der Waals surface area contributed by atoms with Crippen molar-refractivity contribution >= 4 is 23.5 Å². The van der Waals surface area contributed by atoms with Crippen molar-refractivity contribution in [1.82, 2.24) is 14.7 Å². The van der Waals surface area contributed by atoms with Gasteiger partial charge in [-0.2, -0.15) is 5.10 Å². The number of amides is 1. The maximum Gasteiger partial charge on any atom is 0.335 e. The van der Waals surface area contributed by atoms with E-state index in [-0.39, 0.29) is 36.5 Å². The molecule has 1 aliphatic heterocycles. The minimum atomic E-state index is -1.08. The van der Waals surface area contributed by atoms with E-state index in [9.17, 15) is 23.5 Å². The molecule has 37 heavy (non-hydrogen) atoms. The molecule has 0 atom stereocenters. The van der Waals surface area contributed by atoms with Gasteiger partial charge in [-0.05, 0) is 42.0 Å². The largest absolute Gasteiger partial charge is 0.488 e. The summed E-state index contributed by atoms with van der Waals surface area (Å²) in [6, 6.07) is 14.9. The smallest absolute Gasteiger partial charge is 0.335 e. The molecule has 0 fully saturated rings. The number of hydrogen-bond acceptors (Lipinski definition) is 4. The monoisotopic (exact) mass is 523 g/mol. The maximum atomic E-state index is 14.6. The Hall–Kier alpha value is -4.24. The van der Waals surface area contributed by atoms with Gasteiger partial charge < -0.3 is 14.7 Å². The van der Waals surface area contributed by atoms with Gasteiger partial charge in [0.1, 0.15) is 12.4 Å². The van der Waals surface area contributed by atoms with Crippen LogP contribution in [-0.4, -0.2) is 31.7 Å². The van der Waals surface area contributed by atoms with Crippen molar-refractivity contribution in [2.45, 2.75) is 19.7 Å². The van der Waals surface area contributed by atoms with Crippen LogP contribution < -0.4 is 4.74 Å². The van der Waals surface area contributed by atoms with E-state index >= 15 is 0 Å². The highest BCUT2D eigenvalue weighted by Crippen LogP contribution is 2.40. The van der Waals surface area contributed by atoms with Gasteiger partial charge in [-0.15, -0.1) is 0 Å². The Balaban J connectivity index is 1.54. The van der Waals surface area contributed by atoms with Crippen LogP contribution in [0.15, 0.2) is 60.7 Å². The summed E-state index contributed by atoms with van der Waals surface area (Å²) >= 11 is 6.19. The summed E-state index contributed by atoms with van der Waals surface area (Å²) in [6.45, 7) is -0.143. The fourth-order valence-electron chi connectivity index (χ4n) is 4.37. The fraction of sp³-hybridized carbons (Fsp3) is 0.148. The van der Waals surface area contributed by atoms with Crippen LogP contribution in [0, 0.1) is 11.6 Å². The number of carbonyl (C=O) groups excluding carboxylic acids is 1. The molecule has 0 saturated carbocycles. The molecule has 4 aromatic rings. The zero-order valence-corrected chi connectivity index (χ0v) is 20.3. The third-order valence-corrected chi connectivity index (χ3v) is 6.41. The third kappa shape index (κ3) is 4.65. The van der Waals surface area contributed by atoms with Crippen LogP contribution >= 0.6 is 11.6 Å². The van der Waals surface area contributed by atoms with Gasteiger partial charge in [0.2, 0.25) is 0 Å². The first-order valence-electron chi connectivity index (χ1n) is 11.3. The van der Waals surface area contributed by atoms with Crippen LogP contribution in [0.25, 0.3) is 11.3 Å². The zero-order chi connectivity index (χ0) is 26.3. The Morgan fingerprint density at radius 1 is 1.11 bits per heavy atom. The molecule has 1 aliphatic rings. The first kappa shape index (κ1) is 24.5. The number of hydrogen-bond donors (Lipinski definition) is 1. The number of carboxylic acids is 1. The number of carboxylic acid groups (broad SMARTS) is 1. The lowest BCUT2D eigenvalue weighted by atomic mass is 10.0. The molecule has 0 saturated heterocycles. The SMILES string of the molecule is Cn1nc(C(=O)N(Cc2ccc(C(=O)O)cc2)Cc2cccc(F)c2F)c2c1-c1cc(Cl)ccc1OC2. The summed E-state index contributed by atoms with van der Waals surface area (Å²) in [7, 11) is 1.70. The van der Waals surface area contributed by atoms with Crippen molar-refractivity contribution in [2.24, 2.45) is 7.05 Å². The van der Waals surface area contributed by atoms with E-state index in [2.05, 4.69) is 5.10 Å². The standard InChI is InChI=1S/C27H20ClF2N3O4/c1-32-25-19-11-18(28)9-10-22(19)37-14-20(25)24(31-32)26(34)33(13-17-3-2-4-21(29)23(17)30)12-15-5-7-16(8-6-15)27(35)36/h2-11H,12-14H2,1H3,(H,35,36). The predicted molar refractivity (Wildman–Crippen MR) is 131 cm³/mol. The van der Waals surface area contributed by atoms with Crippen LogP contribution in [0.1, 0.15) is 37.5 Å². The summed E-state index contributed by atoms with van der Waals surface area (Å²) in [5, 5.41) is 14.1. The lowest BCUT2D eigenvalue weighted by molar-refractivity contribution is 0.0692. The third-order valence-electron chi connectivity index (χ3n) is 6.17. The van der Waals surface area contributed by atoms with E-state index in [0.29, 0.717) is 33.2 Å². The fourth-order valence-corrected chi connectivity index (χ4v) is 4.55. The molecule has 0 aliphatic carbocycles. The van der Waals surface area contributed by atoms with Gasteiger partial charge in [-0.25, -0.2) is 13.6 Å². The van der Waals surface area contributed by atoms with Crippen molar-refractivity contribution in [2.75, 3.05) is 0 Å². The number of carbonyl (C=O) groups is 2. The van der Waals surface area contributed by atoms with Crippen LogP contribution in [0.2, 0.25) is 5.02 Å². The Morgan fingerprint density at radius 2 is 1.86 bits per heavy atom. The van der Waals surface area contributed by atoms with E-state index < -0.39 is 23.5 Å². The summed E-state index contributed by atoms with van der Waals surface area (Å²) < 4.78 is 35.9. The topological polar surface area (TPSA) is 84.7 Å². The van der Waals surface area contributed by atoms with E-state index in [0.717, 1.165) is 6.07 Å². The first-order chi connectivity index (χ1) is 17.7. The molecule has 3 aromatic carbocycles. The molecule has 10 heteroatoms. The molecule has 1 amide bonds. The molecule has 0 spiro atoms. The second-order valence-corrected chi connectivity index (χ2v) is 9.04. The highest BCUT2D eigenvalue weighted by molar-refractivity contribution is 6.31. The molecule has 2 heterocycles. The molecule has 1 N–H and O–H groups in total. The molecule has 1 aromatic heterocycles. The number of nitrogens with zero attached hydrogens (tertiary/aromatic N) is 3. The number of fused-ring (bicyclic) bond motifs is 3. The highest BCUT2D eigenvalue weighted by Gasteiger charge is 2.31. The average molecular weight is 524 g/mol. The van der Waals surface area contributed by atoms with Crippen LogP contribution in [0.5, 0.6) is 5.75 Å². The van der Waals surface area contributed by atoms with Crippen molar-refractivity contribution in [3.63, 3.8) is 0 Å². The van der Waals surface area contributed by atoms with E-state index in [1.165, 1.54) is 29.2 Å². The van der Waals surface area contributed by atoms with Gasteiger partial charge in [-0.3, -0.25) is 9.48 Å². The predicted octanol–water partition coefficient (Wildman–Crippen LogP) is 5.45. The lowest BCUT2D eigenvalue weighted by Crippen LogP contribution is -2.32. The number of aryl methyl sites for hydroxylation is 1. The van der Waals surface area contributed by atoms with Crippen LogP contribution in [-0.2, 0) is 26.7 Å². The van der Waals surface area contributed by atoms with E-state index in [1.54, 1.807) is 42.1 Å². The van der Waals surface area contributed by atoms with Crippen molar-refractivity contribution in [3.8, 4) is 17.0 Å². The maximum absolute atomic E-state index is 14.6. The van der Waals surface area contributed by atoms with E-state index in [4.69, 9.17) is 16.3 Å². The Labute approximate surface area is 215 Å². The molecule has 0 bridgehead atoms. The zero-order valence-electron chi connectivity index (χ0n) is 19.5. The van der Waals surface area contributed by atoms with Gasteiger partial charge in [0.15, 0.2) is 17.3 Å². The number of halogens is 3. The molecular weight excluding hydrogens is 504 g/mol. The summed E-state index contributed by atoms with van der Waals surface area (Å²) in [5.74, 6) is -3.06. The quantitative estimate of drug-likeness (QED) is 0.363. The van der Waals surface area contributed by atoms with Gasteiger partial charge in [0.25, 0.3) is 5.91 Å². The van der Waals surface area contributed by atoms with Gasteiger partial charge in [-0.1, -0.05) is 35.9 Å². The van der Waals surface area contributed by atoms with Crippen LogP contribution in [0.4, 0.5) is 8.78 Å². The number of aromatic carboxylic acids is 1. The molecule has 5 rings (SSSR count). The first-order valence-corrected chi connectivity index (χ1v) is 11.6. The normalized spacial score (nSPS) is 11.9. The Morgan fingerprint density at radius 3 is 2.59 bits per heavy atom. The minimum absolute atomic E-state index is 0.00328. The minimum Gasteiger partial charge on any atom is -0.488 e. The highest BCUT2D eigenvalue weighted by atomic mass is 35.5. The summed E-state index contributed by atoms with van der Waals surface area (Å²) in [5.41, 5.74) is 2.72. The average Bonchev–Trinajstić information content (AvgIpc) is 3.23. The Bertz CT molecular complexity index is 1540. The summed E-state index contributed by atoms with van der Waals surface area (Å²) in [6.07, 6.45) is 0. The second-order valence-electron chi connectivity index (χ2n) is 8.60. The van der Waals surface area contributed by atoms with Crippen molar-refractivity contribution < 1.29 is 28.2 Å². The van der Waals surface area contributed by atoms with Gasteiger partial charge >= 0.3 is 5.97 Å². The molecule has 0 radical (unpaired) electrons. The van der Waals surface area contributed by atoms with E-state index in [1.807, 2.05) is 0 Å². The van der Waals surface area contributed by atoms with Crippen molar-refractivity contribution in [3.05, 3.63) is 105 Å². The second kappa shape index (κ2) is 9.67. The Kier molecular flexibility index (Phi) is 6.39. The lowest BCUT2D eigenvalue weighted by Gasteiger charge is -2.24. The van der Waals surface area contributed by atoms with Crippen LogP contribution in [0.3, 0.4) is 0 Å². The number of rotatable bonds is 6. The van der Waals surface area contributed by atoms with Gasteiger partial charge in [0.05, 0.1) is 11.3 Å². The number of aromatic nitrogens is 2. The molecule has 188 valence electrons. The number of benzene rings is 3. The van der Waals surface area contributed by atoms with Gasteiger partial charge in [0, 0.05) is 41.9 Å². The number of ether oxygens (including phenoxy) is 1. The molecule has 0 unspecified atom stereocenters. The summed E-state index contributed by atoms with van der Waals surface area (Å²) in [4.78, 5) is 26.4. The molecule has 7 nitrogen and oxygen atoms in total.